The Bertz CT molecular complexity index is 1790. The van der Waals surface area contributed by atoms with Crippen molar-refractivity contribution in [2.45, 2.75) is 13.0 Å². The number of thiazole rings is 1. The van der Waals surface area contributed by atoms with E-state index in [0.717, 1.165) is 0 Å². The van der Waals surface area contributed by atoms with Crippen LogP contribution >= 0.6 is 22.9 Å². The van der Waals surface area contributed by atoms with Gasteiger partial charge < -0.3 is 9.47 Å². The van der Waals surface area contributed by atoms with Crippen molar-refractivity contribution in [1.29, 1.82) is 0 Å². The van der Waals surface area contributed by atoms with E-state index in [4.69, 9.17) is 26.1 Å². The number of ether oxygens (including phenoxy) is 2. The van der Waals surface area contributed by atoms with Crippen LogP contribution in [0.2, 0.25) is 5.02 Å². The second-order valence-electron chi connectivity index (χ2n) is 8.76. The minimum Gasteiger partial charge on any atom is -0.489 e. The fraction of sp³-hybridized carbons (Fsp3) is 0.129. The van der Waals surface area contributed by atoms with Gasteiger partial charge in [0.05, 0.1) is 28.5 Å². The first-order valence-electron chi connectivity index (χ1n) is 12.5. The highest BCUT2D eigenvalue weighted by Crippen LogP contribution is 2.35. The van der Waals surface area contributed by atoms with E-state index in [1.807, 2.05) is 30.3 Å². The van der Waals surface area contributed by atoms with E-state index in [2.05, 4.69) is 6.58 Å². The number of esters is 1. The Morgan fingerprint density at radius 1 is 1.15 bits per heavy atom. The fourth-order valence-electron chi connectivity index (χ4n) is 4.45. The molecule has 6 nitrogen and oxygen atoms in total. The molecule has 0 amide bonds. The molecule has 0 saturated heterocycles. The Hall–Kier alpha value is -4.27. The largest absolute Gasteiger partial charge is 0.489 e. The first-order chi connectivity index (χ1) is 19.4. The van der Waals surface area contributed by atoms with Crippen molar-refractivity contribution in [2.24, 2.45) is 4.99 Å². The van der Waals surface area contributed by atoms with Gasteiger partial charge in [0, 0.05) is 16.1 Å². The maximum Gasteiger partial charge on any atom is 0.338 e. The van der Waals surface area contributed by atoms with Gasteiger partial charge in [0.2, 0.25) is 0 Å². The summed E-state index contributed by atoms with van der Waals surface area (Å²) >= 11 is 7.43. The molecular weight excluding hydrogens is 551 g/mol. The topological polar surface area (TPSA) is 69.9 Å². The monoisotopic (exact) mass is 574 g/mol. The molecule has 0 radical (unpaired) electrons. The molecule has 1 aliphatic heterocycles. The Kier molecular flexibility index (Phi) is 8.09. The Morgan fingerprint density at radius 2 is 1.90 bits per heavy atom. The molecule has 0 unspecified atom stereocenters. The van der Waals surface area contributed by atoms with Gasteiger partial charge in [0.1, 0.15) is 18.2 Å². The summed E-state index contributed by atoms with van der Waals surface area (Å²) in [4.78, 5) is 32.6. The van der Waals surface area contributed by atoms with Gasteiger partial charge in [-0.05, 0) is 48.9 Å². The van der Waals surface area contributed by atoms with Crippen LogP contribution in [0.4, 0.5) is 4.39 Å². The van der Waals surface area contributed by atoms with Crippen molar-refractivity contribution >= 4 is 40.7 Å². The van der Waals surface area contributed by atoms with Gasteiger partial charge in [-0.25, -0.2) is 14.2 Å². The molecule has 1 aliphatic rings. The van der Waals surface area contributed by atoms with Crippen LogP contribution in [-0.4, -0.2) is 23.8 Å². The molecule has 2 heterocycles. The molecule has 0 N–H and O–H groups in total. The quantitative estimate of drug-likeness (QED) is 0.212. The first-order valence-corrected chi connectivity index (χ1v) is 13.7. The molecule has 202 valence electrons. The second-order valence-corrected chi connectivity index (χ2v) is 10.2. The molecule has 40 heavy (non-hydrogen) atoms. The standard InChI is InChI=1S/C31H24ClFN2O4S/c1-3-16-39-24-15-12-22(32)17-21(24)18-25-29(36)35-28(20-10-13-23(33)14-11-20)26(30(37)38-4-2)27(34-31(35)40-25)19-8-6-5-7-9-19/h3,5-15,17-18,28H,1,4,16H2,2H3/b25-18-/t28-/m0/s1. The van der Waals surface area contributed by atoms with Crippen LogP contribution in [-0.2, 0) is 9.53 Å². The summed E-state index contributed by atoms with van der Waals surface area (Å²) in [5.41, 5.74) is 2.03. The summed E-state index contributed by atoms with van der Waals surface area (Å²) in [6, 6.07) is 19.2. The van der Waals surface area contributed by atoms with Crippen LogP contribution in [0.25, 0.3) is 11.8 Å². The van der Waals surface area contributed by atoms with E-state index < -0.39 is 17.8 Å². The zero-order chi connectivity index (χ0) is 28.2. The Morgan fingerprint density at radius 3 is 2.60 bits per heavy atom. The molecule has 0 fully saturated rings. The van der Waals surface area contributed by atoms with Crippen molar-refractivity contribution in [3.05, 3.63) is 138 Å². The normalized spacial score (nSPS) is 14.9. The SMILES string of the molecule is C=CCOc1ccc(Cl)cc1/C=c1\sc2n(c1=O)[C@@H](c1ccc(F)cc1)C(C(=O)OCC)=C(c1ccccc1)N=2. The molecule has 0 saturated carbocycles. The zero-order valence-corrected chi connectivity index (χ0v) is 23.0. The summed E-state index contributed by atoms with van der Waals surface area (Å²) in [7, 11) is 0. The van der Waals surface area contributed by atoms with Crippen molar-refractivity contribution in [1.82, 2.24) is 4.57 Å². The molecule has 9 heteroatoms. The van der Waals surface area contributed by atoms with Gasteiger partial charge in [-0.2, -0.15) is 0 Å². The predicted octanol–water partition coefficient (Wildman–Crippen LogP) is 5.29. The van der Waals surface area contributed by atoms with Gasteiger partial charge in [-0.15, -0.1) is 0 Å². The highest BCUT2D eigenvalue weighted by molar-refractivity contribution is 7.07. The minimum atomic E-state index is -0.899. The molecule has 1 atom stereocenters. The molecule has 0 aliphatic carbocycles. The molecule has 4 aromatic rings. The number of carbonyl (C=O) groups excluding carboxylic acids is 1. The van der Waals surface area contributed by atoms with Crippen molar-refractivity contribution in [2.75, 3.05) is 13.2 Å². The maximum absolute atomic E-state index is 14.0. The smallest absolute Gasteiger partial charge is 0.338 e. The van der Waals surface area contributed by atoms with E-state index in [1.54, 1.807) is 49.4 Å². The Balaban J connectivity index is 1.81. The summed E-state index contributed by atoms with van der Waals surface area (Å²) in [5.74, 6) is -0.514. The van der Waals surface area contributed by atoms with E-state index in [0.29, 0.717) is 42.5 Å². The van der Waals surface area contributed by atoms with Gasteiger partial charge in [0.15, 0.2) is 4.80 Å². The lowest BCUT2D eigenvalue weighted by atomic mass is 9.93. The van der Waals surface area contributed by atoms with Crippen LogP contribution in [0.15, 0.2) is 101 Å². The van der Waals surface area contributed by atoms with Gasteiger partial charge in [0.25, 0.3) is 5.56 Å². The molecular formula is C31H24ClFN2O4S. The van der Waals surface area contributed by atoms with Gasteiger partial charge in [-0.3, -0.25) is 9.36 Å². The minimum absolute atomic E-state index is 0.132. The number of aromatic nitrogens is 1. The van der Waals surface area contributed by atoms with Crippen LogP contribution in [0, 0.1) is 5.82 Å². The number of halogens is 2. The van der Waals surface area contributed by atoms with Gasteiger partial charge in [-0.1, -0.05) is 78.1 Å². The number of carbonyl (C=O) groups is 1. The van der Waals surface area contributed by atoms with E-state index >= 15 is 0 Å². The number of hydrogen-bond donors (Lipinski definition) is 0. The zero-order valence-electron chi connectivity index (χ0n) is 21.5. The average molecular weight is 575 g/mol. The van der Waals surface area contributed by atoms with Crippen LogP contribution in [0.5, 0.6) is 5.75 Å². The highest BCUT2D eigenvalue weighted by Gasteiger charge is 2.35. The van der Waals surface area contributed by atoms with Crippen LogP contribution in [0.3, 0.4) is 0 Å². The highest BCUT2D eigenvalue weighted by atomic mass is 35.5. The molecule has 3 aromatic carbocycles. The van der Waals surface area contributed by atoms with E-state index in [9.17, 15) is 14.0 Å². The fourth-order valence-corrected chi connectivity index (χ4v) is 5.63. The molecule has 1 aromatic heterocycles. The average Bonchev–Trinajstić information content (AvgIpc) is 3.27. The summed E-state index contributed by atoms with van der Waals surface area (Å²) in [5, 5.41) is 0.477. The van der Waals surface area contributed by atoms with E-state index in [1.165, 1.54) is 28.0 Å². The number of fused-ring (bicyclic) bond motifs is 1. The van der Waals surface area contributed by atoms with Crippen molar-refractivity contribution < 1.29 is 18.7 Å². The maximum atomic E-state index is 14.0. The number of benzene rings is 3. The van der Waals surface area contributed by atoms with Crippen molar-refractivity contribution in [3.63, 3.8) is 0 Å². The molecule has 0 bridgehead atoms. The van der Waals surface area contributed by atoms with Gasteiger partial charge >= 0.3 is 5.97 Å². The lowest BCUT2D eigenvalue weighted by Crippen LogP contribution is -2.40. The third-order valence-corrected chi connectivity index (χ3v) is 7.39. The lowest BCUT2D eigenvalue weighted by molar-refractivity contribution is -0.138. The van der Waals surface area contributed by atoms with Crippen LogP contribution < -0.4 is 19.6 Å². The van der Waals surface area contributed by atoms with E-state index in [-0.39, 0.29) is 24.3 Å². The van der Waals surface area contributed by atoms with Crippen molar-refractivity contribution in [3.8, 4) is 5.75 Å². The third kappa shape index (κ3) is 5.41. The number of hydrogen-bond acceptors (Lipinski definition) is 6. The van der Waals surface area contributed by atoms with Crippen LogP contribution in [0.1, 0.15) is 29.7 Å². The summed E-state index contributed by atoms with van der Waals surface area (Å²) in [6.45, 7) is 5.80. The first kappa shape index (κ1) is 27.3. The lowest BCUT2D eigenvalue weighted by Gasteiger charge is -2.25. The summed E-state index contributed by atoms with van der Waals surface area (Å²) in [6.07, 6.45) is 3.31. The molecule has 0 spiro atoms. The predicted molar refractivity (Wildman–Crippen MR) is 155 cm³/mol. The Labute approximate surface area is 238 Å². The second kappa shape index (κ2) is 11.9. The molecule has 5 rings (SSSR count). The number of nitrogens with zero attached hydrogens (tertiary/aromatic N) is 2. The third-order valence-electron chi connectivity index (χ3n) is 6.17. The number of rotatable bonds is 8. The summed E-state index contributed by atoms with van der Waals surface area (Å²) < 4.78 is 27.0.